The first-order valence-corrected chi connectivity index (χ1v) is 7.85. The van der Waals surface area contributed by atoms with Crippen molar-refractivity contribution in [2.45, 2.75) is 51.4 Å². The van der Waals surface area contributed by atoms with Gasteiger partial charge in [0.2, 0.25) is 0 Å². The lowest BCUT2D eigenvalue weighted by atomic mass is 10.1. The van der Waals surface area contributed by atoms with Crippen LogP contribution < -0.4 is 0 Å². The smallest absolute Gasteiger partial charge is 0.499 e. The molecule has 0 radical (unpaired) electrons. The SMILES string of the molecule is [CH2-]CCCCCCCCC(=O)OC[CH-]CO[P+](=O)O. The van der Waals surface area contributed by atoms with E-state index in [2.05, 4.69) is 11.4 Å². The number of ether oxygens (including phenoxy) is 1. The lowest BCUT2D eigenvalue weighted by molar-refractivity contribution is -0.143. The Morgan fingerprint density at radius 2 is 1.74 bits per heavy atom. The van der Waals surface area contributed by atoms with Gasteiger partial charge >= 0.3 is 14.2 Å². The molecule has 19 heavy (non-hydrogen) atoms. The van der Waals surface area contributed by atoms with Crippen molar-refractivity contribution < 1.29 is 23.5 Å². The summed E-state index contributed by atoms with van der Waals surface area (Å²) in [7, 11) is -2.58. The van der Waals surface area contributed by atoms with Crippen LogP contribution in [0.1, 0.15) is 51.4 Å². The number of hydrogen-bond acceptors (Lipinski definition) is 4. The van der Waals surface area contributed by atoms with Gasteiger partial charge in [0.25, 0.3) is 0 Å². The summed E-state index contributed by atoms with van der Waals surface area (Å²) in [6.07, 6.45) is 9.57. The summed E-state index contributed by atoms with van der Waals surface area (Å²) in [6, 6.07) is 0. The van der Waals surface area contributed by atoms with Gasteiger partial charge in [0.1, 0.15) is 0 Å². The van der Waals surface area contributed by atoms with Gasteiger partial charge in [-0.15, -0.1) is 4.89 Å². The lowest BCUT2D eigenvalue weighted by Gasteiger charge is -2.09. The van der Waals surface area contributed by atoms with E-state index >= 15 is 0 Å². The maximum absolute atomic E-state index is 11.3. The molecule has 0 spiro atoms. The van der Waals surface area contributed by atoms with E-state index in [-0.39, 0.29) is 19.2 Å². The molecule has 1 unspecified atom stereocenters. The second-order valence-corrected chi connectivity index (χ2v) is 4.96. The highest BCUT2D eigenvalue weighted by Gasteiger charge is 2.06. The second kappa shape index (κ2) is 13.9. The predicted octanol–water partition coefficient (Wildman–Crippen LogP) is 3.36. The van der Waals surface area contributed by atoms with Crippen molar-refractivity contribution in [3.63, 3.8) is 0 Å². The molecule has 6 heteroatoms. The van der Waals surface area contributed by atoms with Crippen LogP contribution in [0.4, 0.5) is 0 Å². The minimum atomic E-state index is -2.58. The molecule has 0 aromatic heterocycles. The van der Waals surface area contributed by atoms with Crippen LogP contribution in [0.25, 0.3) is 0 Å². The lowest BCUT2D eigenvalue weighted by Crippen LogP contribution is -2.07. The minimum absolute atomic E-state index is 0.00523. The van der Waals surface area contributed by atoms with Crippen LogP contribution >= 0.6 is 8.25 Å². The molecule has 0 aromatic carbocycles. The van der Waals surface area contributed by atoms with Crippen molar-refractivity contribution in [2.75, 3.05) is 13.2 Å². The third kappa shape index (κ3) is 15.4. The van der Waals surface area contributed by atoms with Crippen LogP contribution in [0.3, 0.4) is 0 Å². The molecule has 0 rings (SSSR count). The van der Waals surface area contributed by atoms with Crippen molar-refractivity contribution >= 4 is 14.2 Å². The first kappa shape index (κ1) is 18.5. The monoisotopic (exact) mass is 291 g/mol. The Hall–Kier alpha value is -0.510. The van der Waals surface area contributed by atoms with E-state index in [0.717, 1.165) is 25.7 Å². The molecule has 0 amide bonds. The first-order valence-electron chi connectivity index (χ1n) is 6.72. The Kier molecular flexibility index (Phi) is 13.5. The Labute approximate surface area is 116 Å². The summed E-state index contributed by atoms with van der Waals surface area (Å²) in [6.45, 7) is 3.91. The average molecular weight is 291 g/mol. The Balaban J connectivity index is 3.19. The molecule has 1 atom stereocenters. The summed E-state index contributed by atoms with van der Waals surface area (Å²) in [4.78, 5) is 19.6. The van der Waals surface area contributed by atoms with Crippen molar-refractivity contribution in [1.29, 1.82) is 0 Å². The molecule has 5 nitrogen and oxygen atoms in total. The van der Waals surface area contributed by atoms with Crippen LogP contribution in [-0.4, -0.2) is 24.1 Å². The fourth-order valence-electron chi connectivity index (χ4n) is 1.54. The summed E-state index contributed by atoms with van der Waals surface area (Å²) < 4.78 is 19.5. The molecule has 0 saturated heterocycles. The van der Waals surface area contributed by atoms with Crippen molar-refractivity contribution in [3.05, 3.63) is 13.3 Å². The van der Waals surface area contributed by atoms with Gasteiger partial charge in [0.05, 0.1) is 0 Å². The molecule has 0 fully saturated rings. The largest absolute Gasteiger partial charge is 0.692 e. The fourth-order valence-corrected chi connectivity index (χ4v) is 1.77. The van der Waals surface area contributed by atoms with Gasteiger partial charge in [-0.1, -0.05) is 32.1 Å². The van der Waals surface area contributed by atoms with E-state index in [9.17, 15) is 9.36 Å². The topological polar surface area (TPSA) is 72.8 Å². The summed E-state index contributed by atoms with van der Waals surface area (Å²) in [5, 5.41) is 0. The molecule has 1 N–H and O–H groups in total. The number of carbonyl (C=O) groups excluding carboxylic acids is 1. The molecule has 0 aliphatic heterocycles. The molecule has 0 aliphatic rings. The van der Waals surface area contributed by atoms with E-state index in [0.29, 0.717) is 6.42 Å². The average Bonchev–Trinajstić information content (AvgIpc) is 2.37. The molecule has 0 aromatic rings. The Morgan fingerprint density at radius 3 is 2.37 bits per heavy atom. The first-order chi connectivity index (χ1) is 9.16. The third-order valence-electron chi connectivity index (χ3n) is 2.55. The maximum Gasteiger partial charge on any atom is 0.692 e. The van der Waals surface area contributed by atoms with E-state index in [1.54, 1.807) is 0 Å². The van der Waals surface area contributed by atoms with E-state index < -0.39 is 8.25 Å². The highest BCUT2D eigenvalue weighted by Crippen LogP contribution is 2.13. The van der Waals surface area contributed by atoms with Gasteiger partial charge in [0.15, 0.2) is 0 Å². The van der Waals surface area contributed by atoms with E-state index in [1.165, 1.54) is 25.7 Å². The van der Waals surface area contributed by atoms with Gasteiger partial charge in [-0.3, -0.25) is 11.2 Å². The Morgan fingerprint density at radius 1 is 1.11 bits per heavy atom. The summed E-state index contributed by atoms with van der Waals surface area (Å²) >= 11 is 0. The normalized spacial score (nSPS) is 11.4. The molecule has 112 valence electrons. The molecular formula is C13H24O5P-. The standard InChI is InChI=1S/C13H24O5P/c1-2-3-4-5-6-7-8-10-13(14)17-11-9-12-18-19(15)16/h9H,1-8,10-12H2,(H,15,16)/q-1. The number of unbranched alkanes of at least 4 members (excludes halogenated alkanes) is 6. The number of esters is 1. The zero-order valence-electron chi connectivity index (χ0n) is 11.4. The van der Waals surface area contributed by atoms with Gasteiger partial charge in [-0.2, -0.15) is 10.9 Å². The van der Waals surface area contributed by atoms with Crippen LogP contribution in [-0.2, 0) is 18.6 Å². The quantitative estimate of drug-likeness (QED) is 0.244. The van der Waals surface area contributed by atoms with Crippen LogP contribution in [0, 0.1) is 13.3 Å². The number of hydrogen-bond donors (Lipinski definition) is 1. The molecule has 0 bridgehead atoms. The van der Waals surface area contributed by atoms with Crippen LogP contribution in [0.2, 0.25) is 0 Å². The summed E-state index contributed by atoms with van der Waals surface area (Å²) in [5.41, 5.74) is 0. The second-order valence-electron chi connectivity index (χ2n) is 4.23. The van der Waals surface area contributed by atoms with Gasteiger partial charge in [0, 0.05) is 11.0 Å². The predicted molar refractivity (Wildman–Crippen MR) is 73.3 cm³/mol. The molecular weight excluding hydrogens is 267 g/mol. The van der Waals surface area contributed by atoms with Crippen molar-refractivity contribution in [3.8, 4) is 0 Å². The fraction of sp³-hybridized carbons (Fsp3) is 0.769. The number of rotatable bonds is 13. The molecule has 0 aliphatic carbocycles. The third-order valence-corrected chi connectivity index (χ3v) is 2.92. The number of carbonyl (C=O) groups is 1. The molecule has 0 saturated carbocycles. The highest BCUT2D eigenvalue weighted by molar-refractivity contribution is 7.32. The van der Waals surface area contributed by atoms with Gasteiger partial charge in [-0.25, -0.2) is 0 Å². The zero-order valence-corrected chi connectivity index (χ0v) is 12.3. The minimum Gasteiger partial charge on any atom is -0.499 e. The summed E-state index contributed by atoms with van der Waals surface area (Å²) in [5.74, 6) is -0.234. The van der Waals surface area contributed by atoms with Crippen LogP contribution in [0.15, 0.2) is 0 Å². The van der Waals surface area contributed by atoms with Crippen molar-refractivity contribution in [1.82, 2.24) is 0 Å². The van der Waals surface area contributed by atoms with E-state index in [4.69, 9.17) is 9.63 Å². The molecule has 0 heterocycles. The Bertz CT molecular complexity index is 245. The van der Waals surface area contributed by atoms with Gasteiger partial charge < -0.3 is 11.7 Å². The van der Waals surface area contributed by atoms with Crippen molar-refractivity contribution in [2.24, 2.45) is 0 Å². The van der Waals surface area contributed by atoms with Crippen LogP contribution in [0.5, 0.6) is 0 Å². The highest BCUT2D eigenvalue weighted by atomic mass is 31.1. The maximum atomic E-state index is 11.3. The van der Waals surface area contributed by atoms with E-state index in [1.807, 2.05) is 0 Å². The van der Waals surface area contributed by atoms with Gasteiger partial charge in [-0.05, 0) is 19.6 Å². The zero-order chi connectivity index (χ0) is 14.3.